The molecule has 3 aromatic heterocycles. The predicted molar refractivity (Wildman–Crippen MR) is 133 cm³/mol. The van der Waals surface area contributed by atoms with E-state index in [0.717, 1.165) is 22.4 Å². The van der Waals surface area contributed by atoms with Gasteiger partial charge in [-0.2, -0.15) is 0 Å². The first-order valence-corrected chi connectivity index (χ1v) is 12.7. The molecule has 0 aliphatic rings. The second kappa shape index (κ2) is 14.2. The zero-order valence-corrected chi connectivity index (χ0v) is 20.9. The lowest BCUT2D eigenvalue weighted by molar-refractivity contribution is -0.122. The van der Waals surface area contributed by atoms with Gasteiger partial charge < -0.3 is 10.4 Å². The van der Waals surface area contributed by atoms with E-state index in [9.17, 15) is 0 Å². The van der Waals surface area contributed by atoms with E-state index in [4.69, 9.17) is 9.90 Å². The lowest BCUT2D eigenvalue weighted by Gasteiger charge is -2.21. The summed E-state index contributed by atoms with van der Waals surface area (Å²) in [5.74, 6) is 1.53. The molecular weight excluding hydrogens is 501 g/mol. The number of carboxylic acid groups (broad SMARTS) is 1. The third-order valence-corrected chi connectivity index (χ3v) is 4.71. The highest BCUT2D eigenvalue weighted by Gasteiger charge is 2.15. The van der Waals surface area contributed by atoms with Gasteiger partial charge in [0.1, 0.15) is 5.82 Å². The topological polar surface area (TPSA) is 92.9 Å². The summed E-state index contributed by atoms with van der Waals surface area (Å²) in [6.45, 7) is 14.1. The molecule has 3 heterocycles. The van der Waals surface area contributed by atoms with Crippen molar-refractivity contribution >= 4 is 53.6 Å². The van der Waals surface area contributed by atoms with Crippen molar-refractivity contribution in [1.29, 1.82) is 0 Å². The molecular formula is C20H30IN5O2S. The number of hydrogen-bond acceptors (Lipinski definition) is 6. The summed E-state index contributed by atoms with van der Waals surface area (Å²) in [6.07, 6.45) is 5.62. The van der Waals surface area contributed by atoms with Crippen LogP contribution >= 0.6 is 30.3 Å². The smallest absolute Gasteiger partial charge is 0.290 e. The minimum Gasteiger partial charge on any atom is -0.483 e. The molecule has 160 valence electrons. The Hall–Kier alpha value is -1.88. The number of fused-ring (bicyclic) bond motifs is 1. The first-order chi connectivity index (χ1) is 13.9. The van der Waals surface area contributed by atoms with E-state index in [1.54, 1.807) is 21.5 Å². The van der Waals surface area contributed by atoms with E-state index in [1.807, 2.05) is 56.1 Å². The molecule has 0 spiro atoms. The van der Waals surface area contributed by atoms with E-state index in [0.29, 0.717) is 5.82 Å². The SMILES string of the molecule is CC.CC.CC(C)(C)Nc1ccnc(-c2cn(SI)c3ncccc23)n1.O=CO. The van der Waals surface area contributed by atoms with Crippen molar-refractivity contribution in [3.8, 4) is 11.4 Å². The average Bonchev–Trinajstić information content (AvgIpc) is 3.09. The van der Waals surface area contributed by atoms with Gasteiger partial charge in [0, 0.05) is 65.4 Å². The Morgan fingerprint density at radius 1 is 1.14 bits per heavy atom. The lowest BCUT2D eigenvalue weighted by atomic mass is 10.1. The molecule has 3 rings (SSSR count). The van der Waals surface area contributed by atoms with E-state index < -0.39 is 0 Å². The fourth-order valence-electron chi connectivity index (χ4n) is 2.20. The molecule has 0 fully saturated rings. The van der Waals surface area contributed by atoms with Crippen molar-refractivity contribution in [2.24, 2.45) is 0 Å². The highest BCUT2D eigenvalue weighted by molar-refractivity contribution is 14.2. The number of anilines is 1. The van der Waals surface area contributed by atoms with Crippen molar-refractivity contribution in [3.63, 3.8) is 0 Å². The van der Waals surface area contributed by atoms with Gasteiger partial charge in [-0.15, -0.1) is 0 Å². The summed E-state index contributed by atoms with van der Waals surface area (Å²) in [6, 6.07) is 5.87. The molecule has 0 saturated carbocycles. The molecule has 3 aromatic rings. The molecule has 0 aliphatic carbocycles. The van der Waals surface area contributed by atoms with Crippen molar-refractivity contribution in [2.75, 3.05) is 5.32 Å². The average molecular weight is 531 g/mol. The number of carbonyl (C=O) groups is 1. The highest BCUT2D eigenvalue weighted by Crippen LogP contribution is 2.32. The van der Waals surface area contributed by atoms with Crippen LogP contribution in [0, 0.1) is 0 Å². The molecule has 0 aromatic carbocycles. The predicted octanol–water partition coefficient (Wildman–Crippen LogP) is 6.30. The Morgan fingerprint density at radius 2 is 1.76 bits per heavy atom. The normalized spacial score (nSPS) is 9.79. The largest absolute Gasteiger partial charge is 0.483 e. The number of hydrogen-bond donors (Lipinski definition) is 2. The van der Waals surface area contributed by atoms with Crippen LogP contribution in [0.25, 0.3) is 22.4 Å². The van der Waals surface area contributed by atoms with Crippen LogP contribution in [0.1, 0.15) is 48.5 Å². The van der Waals surface area contributed by atoms with Gasteiger partial charge in [0.25, 0.3) is 6.47 Å². The Kier molecular flexibility index (Phi) is 13.2. The van der Waals surface area contributed by atoms with E-state index >= 15 is 0 Å². The van der Waals surface area contributed by atoms with Gasteiger partial charge in [0.05, 0.1) is 0 Å². The van der Waals surface area contributed by atoms with E-state index in [-0.39, 0.29) is 12.0 Å². The molecule has 0 saturated heterocycles. The second-order valence-electron chi connectivity index (χ2n) is 6.06. The number of rotatable bonds is 3. The van der Waals surface area contributed by atoms with Gasteiger partial charge in [-0.1, -0.05) is 27.7 Å². The Bertz CT molecular complexity index is 865. The number of nitrogens with one attached hydrogen (secondary N) is 1. The third-order valence-electron chi connectivity index (χ3n) is 3.01. The lowest BCUT2D eigenvalue weighted by Crippen LogP contribution is -2.26. The molecule has 0 atom stereocenters. The summed E-state index contributed by atoms with van der Waals surface area (Å²) in [4.78, 5) is 21.9. The number of aromatic nitrogens is 4. The molecule has 29 heavy (non-hydrogen) atoms. The monoisotopic (exact) mass is 531 g/mol. The number of halogens is 1. The molecule has 7 nitrogen and oxygen atoms in total. The van der Waals surface area contributed by atoms with Crippen molar-refractivity contribution in [1.82, 2.24) is 18.9 Å². The molecule has 0 unspecified atom stereocenters. The van der Waals surface area contributed by atoms with Crippen LogP contribution in [0.2, 0.25) is 0 Å². The van der Waals surface area contributed by atoms with Crippen molar-refractivity contribution in [2.45, 2.75) is 54.0 Å². The van der Waals surface area contributed by atoms with Crippen LogP contribution in [0.3, 0.4) is 0 Å². The van der Waals surface area contributed by atoms with Crippen LogP contribution in [-0.2, 0) is 4.79 Å². The van der Waals surface area contributed by atoms with Gasteiger partial charge >= 0.3 is 0 Å². The van der Waals surface area contributed by atoms with Crippen LogP contribution < -0.4 is 5.32 Å². The number of nitrogens with zero attached hydrogens (tertiary/aromatic N) is 4. The van der Waals surface area contributed by atoms with Crippen LogP contribution in [0.5, 0.6) is 0 Å². The highest BCUT2D eigenvalue weighted by atomic mass is 127. The molecule has 0 aliphatic heterocycles. The summed E-state index contributed by atoms with van der Waals surface area (Å²) >= 11 is 2.25. The maximum Gasteiger partial charge on any atom is 0.290 e. The Balaban J connectivity index is 0.00000100. The molecule has 0 radical (unpaired) electrons. The van der Waals surface area contributed by atoms with Crippen molar-refractivity contribution < 1.29 is 9.90 Å². The van der Waals surface area contributed by atoms with Gasteiger partial charge in [0.2, 0.25) is 0 Å². The van der Waals surface area contributed by atoms with Gasteiger partial charge in [-0.25, -0.2) is 15.0 Å². The minimum atomic E-state index is -0.250. The Morgan fingerprint density at radius 3 is 2.31 bits per heavy atom. The van der Waals surface area contributed by atoms with Gasteiger partial charge in [-0.05, 0) is 39.0 Å². The maximum atomic E-state index is 8.36. The third kappa shape index (κ3) is 8.57. The summed E-state index contributed by atoms with van der Waals surface area (Å²) < 4.78 is 2.03. The fourth-order valence-corrected chi connectivity index (χ4v) is 3.46. The van der Waals surface area contributed by atoms with Crippen LogP contribution in [-0.4, -0.2) is 36.0 Å². The zero-order chi connectivity index (χ0) is 22.4. The maximum absolute atomic E-state index is 8.36. The van der Waals surface area contributed by atoms with Crippen LogP contribution in [0.15, 0.2) is 36.8 Å². The fraction of sp³-hybridized carbons (Fsp3) is 0.400. The second-order valence-corrected chi connectivity index (χ2v) is 7.77. The summed E-state index contributed by atoms with van der Waals surface area (Å²) in [7, 11) is 1.58. The molecule has 0 bridgehead atoms. The van der Waals surface area contributed by atoms with E-state index in [1.165, 1.54) is 0 Å². The molecule has 9 heteroatoms. The summed E-state index contributed by atoms with van der Waals surface area (Å²) in [5, 5.41) is 11.3. The molecule has 2 N–H and O–H groups in total. The zero-order valence-electron chi connectivity index (χ0n) is 18.0. The van der Waals surface area contributed by atoms with Crippen LogP contribution in [0.4, 0.5) is 5.82 Å². The molecule has 0 amide bonds. The number of pyridine rings is 1. The van der Waals surface area contributed by atoms with E-state index in [2.05, 4.69) is 62.2 Å². The van der Waals surface area contributed by atoms with Gasteiger partial charge in [0.15, 0.2) is 11.5 Å². The van der Waals surface area contributed by atoms with Crippen molar-refractivity contribution in [3.05, 3.63) is 36.8 Å². The van der Waals surface area contributed by atoms with Gasteiger partial charge in [-0.3, -0.25) is 8.77 Å². The quantitative estimate of drug-likeness (QED) is 0.303. The first kappa shape index (κ1) is 27.1. The minimum absolute atomic E-state index is 0.0424. The standard InChI is InChI=1S/C15H16IN5S.2C2H6.CH2O2/c1-15(2,3)20-12-6-8-17-13(19-12)11-9-21(22-16)14-10(11)5-4-7-18-14;2*1-2;2-1-3/h4-9H,1-3H3,(H,17,19,20);2*1-2H3;1H,(H,2,3). The summed E-state index contributed by atoms with van der Waals surface area (Å²) in [5.41, 5.74) is 1.87. The first-order valence-electron chi connectivity index (χ1n) is 9.34. The Labute approximate surface area is 189 Å².